The molecule has 0 atom stereocenters. The Labute approximate surface area is 161 Å². The molecule has 0 aliphatic heterocycles. The van der Waals surface area contributed by atoms with Crippen LogP contribution in [0.3, 0.4) is 0 Å². The lowest BCUT2D eigenvalue weighted by Gasteiger charge is -2.23. The summed E-state index contributed by atoms with van der Waals surface area (Å²) in [5, 5.41) is 6.93. The summed E-state index contributed by atoms with van der Waals surface area (Å²) in [4.78, 5) is 5.82. The predicted molar refractivity (Wildman–Crippen MR) is 95.3 cm³/mol. The average molecular weight is 441 g/mol. The van der Waals surface area contributed by atoms with E-state index in [0.29, 0.717) is 15.7 Å². The van der Waals surface area contributed by atoms with Crippen LogP contribution in [0.2, 0.25) is 0 Å². The molecule has 1 aromatic carbocycles. The molecule has 0 fully saturated rings. The van der Waals surface area contributed by atoms with Gasteiger partial charge in [-0.05, 0) is 36.4 Å². The van der Waals surface area contributed by atoms with Crippen molar-refractivity contribution in [3.63, 3.8) is 0 Å². The third-order valence-corrected chi connectivity index (χ3v) is 4.21. The van der Waals surface area contributed by atoms with Crippen molar-refractivity contribution in [3.05, 3.63) is 82.0 Å². The number of hydrogen-bond acceptors (Lipinski definition) is 4. The van der Waals surface area contributed by atoms with E-state index in [0.717, 1.165) is 6.07 Å². The maximum Gasteiger partial charge on any atom is 0.435 e. The first kappa shape index (κ1) is 19.2. The molecule has 0 saturated carbocycles. The lowest BCUT2D eigenvalue weighted by molar-refractivity contribution is -0.141. The van der Waals surface area contributed by atoms with E-state index in [1.54, 1.807) is 41.4 Å². The van der Waals surface area contributed by atoms with Gasteiger partial charge in [0.25, 0.3) is 0 Å². The van der Waals surface area contributed by atoms with Gasteiger partial charge in [0.05, 0.1) is 12.2 Å². The molecule has 140 valence electrons. The molecule has 9 heteroatoms. The number of hydrogen-bond donors (Lipinski definition) is 0. The Bertz CT molecular complexity index is 901. The van der Waals surface area contributed by atoms with Gasteiger partial charge in [0.15, 0.2) is 11.5 Å². The maximum atomic E-state index is 14.2. The highest BCUT2D eigenvalue weighted by Crippen LogP contribution is 2.28. The zero-order chi connectivity index (χ0) is 19.4. The van der Waals surface area contributed by atoms with E-state index in [2.05, 4.69) is 31.1 Å². The fraction of sp³-hybridized carbons (Fsp3) is 0.167. The molecule has 0 bridgehead atoms. The second-order valence-corrected chi connectivity index (χ2v) is 6.60. The van der Waals surface area contributed by atoms with Crippen LogP contribution in [0.5, 0.6) is 0 Å². The van der Waals surface area contributed by atoms with Crippen molar-refractivity contribution >= 4 is 21.7 Å². The third-order valence-electron chi connectivity index (χ3n) is 3.72. The van der Waals surface area contributed by atoms with Gasteiger partial charge in [-0.15, -0.1) is 10.2 Å². The SMILES string of the molecule is Fc1cc(Br)ccc1CN(Cc1ccccn1)c1ccc(C(F)(F)F)nn1. The minimum Gasteiger partial charge on any atom is -0.345 e. The second-order valence-electron chi connectivity index (χ2n) is 5.69. The summed E-state index contributed by atoms with van der Waals surface area (Å²) in [6.45, 7) is 0.326. The van der Waals surface area contributed by atoms with Crippen molar-refractivity contribution in [2.24, 2.45) is 0 Å². The highest BCUT2D eigenvalue weighted by Gasteiger charge is 2.33. The predicted octanol–water partition coefficient (Wildman–Crippen LogP) is 5.00. The summed E-state index contributed by atoms with van der Waals surface area (Å²) in [7, 11) is 0. The molecule has 0 radical (unpaired) electrons. The smallest absolute Gasteiger partial charge is 0.345 e. The van der Waals surface area contributed by atoms with Crippen LogP contribution >= 0.6 is 15.9 Å². The molecular formula is C18H13BrF4N4. The number of aromatic nitrogens is 3. The Kier molecular flexibility index (Phi) is 5.69. The highest BCUT2D eigenvalue weighted by molar-refractivity contribution is 9.10. The molecule has 3 rings (SSSR count). The molecule has 2 aromatic heterocycles. The number of halogens is 5. The molecule has 0 unspecified atom stereocenters. The molecular weight excluding hydrogens is 428 g/mol. The van der Waals surface area contributed by atoms with E-state index >= 15 is 0 Å². The summed E-state index contributed by atoms with van der Waals surface area (Å²) >= 11 is 3.20. The Morgan fingerprint density at radius 3 is 2.37 bits per heavy atom. The Morgan fingerprint density at radius 1 is 0.963 bits per heavy atom. The van der Waals surface area contributed by atoms with Crippen LogP contribution in [0.15, 0.2) is 59.2 Å². The minimum atomic E-state index is -4.57. The third kappa shape index (κ3) is 5.00. The molecule has 0 aliphatic carbocycles. The van der Waals surface area contributed by atoms with Crippen molar-refractivity contribution in [2.75, 3.05) is 4.90 Å². The van der Waals surface area contributed by atoms with Crippen molar-refractivity contribution in [3.8, 4) is 0 Å². The number of pyridine rings is 1. The number of benzene rings is 1. The minimum absolute atomic E-state index is 0.0930. The van der Waals surface area contributed by atoms with Gasteiger partial charge in [0.1, 0.15) is 5.82 Å². The standard InChI is InChI=1S/C18H13BrF4N4/c19-13-5-4-12(15(20)9-13)10-27(11-14-3-1-2-8-24-14)17-7-6-16(25-26-17)18(21,22)23/h1-9H,10-11H2. The Morgan fingerprint density at radius 2 is 1.78 bits per heavy atom. The first-order valence-corrected chi connectivity index (χ1v) is 8.62. The summed E-state index contributed by atoms with van der Waals surface area (Å²) in [5.41, 5.74) is -0.0496. The van der Waals surface area contributed by atoms with Crippen LogP contribution in [0.4, 0.5) is 23.4 Å². The van der Waals surface area contributed by atoms with E-state index in [9.17, 15) is 17.6 Å². The van der Waals surface area contributed by atoms with Gasteiger partial charge in [-0.3, -0.25) is 4.98 Å². The zero-order valence-electron chi connectivity index (χ0n) is 13.8. The Hall–Kier alpha value is -2.55. The van der Waals surface area contributed by atoms with E-state index in [1.807, 2.05) is 0 Å². The van der Waals surface area contributed by atoms with Crippen LogP contribution < -0.4 is 4.90 Å². The summed E-state index contributed by atoms with van der Waals surface area (Å²) < 4.78 is 53.0. The van der Waals surface area contributed by atoms with Crippen molar-refractivity contribution in [1.82, 2.24) is 15.2 Å². The fourth-order valence-corrected chi connectivity index (χ4v) is 2.74. The van der Waals surface area contributed by atoms with Gasteiger partial charge in [-0.2, -0.15) is 13.2 Å². The lowest BCUT2D eigenvalue weighted by Crippen LogP contribution is -2.25. The zero-order valence-corrected chi connectivity index (χ0v) is 15.4. The topological polar surface area (TPSA) is 41.9 Å². The highest BCUT2D eigenvalue weighted by atomic mass is 79.9. The van der Waals surface area contributed by atoms with Crippen LogP contribution in [-0.2, 0) is 19.3 Å². The van der Waals surface area contributed by atoms with Crippen LogP contribution in [0.1, 0.15) is 17.0 Å². The molecule has 0 aliphatic rings. The molecule has 4 nitrogen and oxygen atoms in total. The number of rotatable bonds is 5. The number of anilines is 1. The molecule has 0 amide bonds. The summed E-state index contributed by atoms with van der Waals surface area (Å²) in [5.74, 6) is -0.244. The maximum absolute atomic E-state index is 14.2. The molecule has 0 N–H and O–H groups in total. The van der Waals surface area contributed by atoms with Crippen LogP contribution in [0.25, 0.3) is 0 Å². The summed E-state index contributed by atoms with van der Waals surface area (Å²) in [6.07, 6.45) is -2.97. The van der Waals surface area contributed by atoms with Gasteiger partial charge in [0.2, 0.25) is 0 Å². The van der Waals surface area contributed by atoms with Crippen molar-refractivity contribution < 1.29 is 17.6 Å². The second kappa shape index (κ2) is 7.99. The van der Waals surface area contributed by atoms with Gasteiger partial charge < -0.3 is 4.90 Å². The summed E-state index contributed by atoms with van der Waals surface area (Å²) in [6, 6.07) is 12.0. The lowest BCUT2D eigenvalue weighted by atomic mass is 10.2. The van der Waals surface area contributed by atoms with E-state index in [4.69, 9.17) is 0 Å². The first-order chi connectivity index (χ1) is 12.8. The quantitative estimate of drug-likeness (QED) is 0.523. The fourth-order valence-electron chi connectivity index (χ4n) is 2.41. The molecule has 2 heterocycles. The normalized spacial score (nSPS) is 11.4. The largest absolute Gasteiger partial charge is 0.435 e. The Balaban J connectivity index is 1.91. The van der Waals surface area contributed by atoms with E-state index in [-0.39, 0.29) is 18.9 Å². The van der Waals surface area contributed by atoms with Gasteiger partial charge in [-0.25, -0.2) is 4.39 Å². The number of nitrogens with zero attached hydrogens (tertiary/aromatic N) is 4. The van der Waals surface area contributed by atoms with Gasteiger partial charge >= 0.3 is 6.18 Å². The van der Waals surface area contributed by atoms with Crippen LogP contribution in [-0.4, -0.2) is 15.2 Å². The molecule has 0 saturated heterocycles. The van der Waals surface area contributed by atoms with Gasteiger partial charge in [0, 0.05) is 22.8 Å². The van der Waals surface area contributed by atoms with Gasteiger partial charge in [-0.1, -0.05) is 28.1 Å². The van der Waals surface area contributed by atoms with E-state index < -0.39 is 17.7 Å². The van der Waals surface area contributed by atoms with Crippen molar-refractivity contribution in [1.29, 1.82) is 0 Å². The molecule has 27 heavy (non-hydrogen) atoms. The molecule has 3 aromatic rings. The monoisotopic (exact) mass is 440 g/mol. The first-order valence-electron chi connectivity index (χ1n) is 7.82. The molecule has 0 spiro atoms. The van der Waals surface area contributed by atoms with Crippen molar-refractivity contribution in [2.45, 2.75) is 19.3 Å². The average Bonchev–Trinajstić information content (AvgIpc) is 2.63. The van der Waals surface area contributed by atoms with E-state index in [1.165, 1.54) is 12.1 Å². The van der Waals surface area contributed by atoms with Crippen LogP contribution in [0, 0.1) is 5.82 Å². The number of alkyl halides is 3.